The number of benzene rings is 3. The number of azo groups is 1. The smallest absolute Gasteiger partial charge is 0.146 e. The molecule has 0 atom stereocenters. The monoisotopic (exact) mass is 531 g/mol. The predicted molar refractivity (Wildman–Crippen MR) is 163 cm³/mol. The first-order valence-corrected chi connectivity index (χ1v) is 14.6. The van der Waals surface area contributed by atoms with Gasteiger partial charge in [0.15, 0.2) is 0 Å². The molecule has 0 spiro atoms. The van der Waals surface area contributed by atoms with Crippen LogP contribution in [0.4, 0.5) is 17.1 Å². The number of phenols is 1. The summed E-state index contributed by atoms with van der Waals surface area (Å²) in [4.78, 5) is 2.21. The predicted octanol–water partition coefficient (Wildman–Crippen LogP) is 10.7. The Kier molecular flexibility index (Phi) is 10.1. The minimum atomic E-state index is 0.118. The quantitative estimate of drug-likeness (QED) is 0.147. The zero-order chi connectivity index (χ0) is 27.9. The van der Waals surface area contributed by atoms with E-state index in [0.717, 1.165) is 40.2 Å². The number of nitrogens with two attached hydrogens (primary N) is 1. The van der Waals surface area contributed by atoms with Crippen molar-refractivity contribution in [3.05, 3.63) is 71.3 Å². The molecule has 0 radical (unpaired) electrons. The molecule has 0 fully saturated rings. The highest BCUT2D eigenvalue weighted by atomic mass is 32.2. The molecule has 3 aromatic carbocycles. The molecule has 5 heteroatoms. The molecule has 3 aromatic rings. The summed E-state index contributed by atoms with van der Waals surface area (Å²) in [6.07, 6.45) is 6.60. The van der Waals surface area contributed by atoms with Gasteiger partial charge in [0, 0.05) is 9.79 Å². The van der Waals surface area contributed by atoms with Crippen LogP contribution >= 0.6 is 11.8 Å². The van der Waals surface area contributed by atoms with Crippen molar-refractivity contribution in [2.24, 2.45) is 15.6 Å². The summed E-state index contributed by atoms with van der Waals surface area (Å²) in [5.41, 5.74) is 11.6. The first-order chi connectivity index (χ1) is 17.9. The van der Waals surface area contributed by atoms with Crippen molar-refractivity contribution in [2.45, 2.75) is 102 Å². The molecule has 3 rings (SSSR count). The Morgan fingerprint density at radius 3 is 2.13 bits per heavy atom. The van der Waals surface area contributed by atoms with E-state index in [1.165, 1.54) is 24.8 Å². The lowest BCUT2D eigenvalue weighted by molar-refractivity contribution is 0.284. The maximum atomic E-state index is 10.8. The first-order valence-electron chi connectivity index (χ1n) is 13.8. The Morgan fingerprint density at radius 1 is 0.816 bits per heavy atom. The molecule has 38 heavy (non-hydrogen) atoms. The highest BCUT2D eigenvalue weighted by Gasteiger charge is 2.27. The van der Waals surface area contributed by atoms with Crippen LogP contribution in [0.25, 0.3) is 0 Å². The van der Waals surface area contributed by atoms with Crippen LogP contribution in [-0.2, 0) is 11.8 Å². The van der Waals surface area contributed by atoms with E-state index in [-0.39, 0.29) is 16.6 Å². The van der Waals surface area contributed by atoms with Crippen molar-refractivity contribution in [3.8, 4) is 5.75 Å². The standard InChI is InChI=1S/C33H45N3OS/c1-8-9-10-11-12-24-19-23(2)20-30(31(24)37)36-35-29-21-27(17-18-28(29)34)38-26-15-13-25(14-16-26)33(6,7)22-32(3,4)5/h13-21,37H,8-12,22,34H2,1-7H3. The van der Waals surface area contributed by atoms with Gasteiger partial charge in [-0.25, -0.2) is 0 Å². The zero-order valence-corrected chi connectivity index (χ0v) is 25.1. The van der Waals surface area contributed by atoms with E-state index in [4.69, 9.17) is 5.73 Å². The third-order valence-electron chi connectivity index (χ3n) is 6.72. The fourth-order valence-corrected chi connectivity index (χ4v) is 6.01. The van der Waals surface area contributed by atoms with Gasteiger partial charge in [-0.3, -0.25) is 0 Å². The number of anilines is 1. The summed E-state index contributed by atoms with van der Waals surface area (Å²) in [5.74, 6) is 0.217. The summed E-state index contributed by atoms with van der Waals surface area (Å²) >= 11 is 1.68. The SMILES string of the molecule is CCCCCCc1cc(C)cc(N=Nc2cc(Sc3ccc(C(C)(C)CC(C)(C)C)cc3)ccc2N)c1O. The summed E-state index contributed by atoms with van der Waals surface area (Å²) in [7, 11) is 0. The Bertz CT molecular complexity index is 1240. The highest BCUT2D eigenvalue weighted by Crippen LogP contribution is 2.39. The summed E-state index contributed by atoms with van der Waals surface area (Å²) in [5, 5.41) is 19.7. The molecule has 0 amide bonds. The topological polar surface area (TPSA) is 71.0 Å². The van der Waals surface area contributed by atoms with Crippen molar-refractivity contribution in [2.75, 3.05) is 5.73 Å². The lowest BCUT2D eigenvalue weighted by Gasteiger charge is -2.33. The number of hydrogen-bond acceptors (Lipinski definition) is 5. The van der Waals surface area contributed by atoms with Crippen molar-refractivity contribution < 1.29 is 5.11 Å². The van der Waals surface area contributed by atoms with Crippen LogP contribution in [0.1, 0.15) is 90.3 Å². The Balaban J connectivity index is 1.75. The molecule has 0 heterocycles. The number of aromatic hydroxyl groups is 1. The van der Waals surface area contributed by atoms with E-state index in [1.807, 2.05) is 37.3 Å². The van der Waals surface area contributed by atoms with Gasteiger partial charge in [-0.1, -0.05) is 90.8 Å². The van der Waals surface area contributed by atoms with E-state index in [9.17, 15) is 5.11 Å². The summed E-state index contributed by atoms with van der Waals surface area (Å²) < 4.78 is 0. The average Bonchev–Trinajstić information content (AvgIpc) is 2.83. The maximum absolute atomic E-state index is 10.8. The molecule has 0 saturated carbocycles. The normalized spacial score (nSPS) is 12.4. The van der Waals surface area contributed by atoms with Crippen molar-refractivity contribution >= 4 is 28.8 Å². The number of unbranched alkanes of at least 4 members (excludes halogenated alkanes) is 3. The van der Waals surface area contributed by atoms with Crippen LogP contribution in [-0.4, -0.2) is 5.11 Å². The van der Waals surface area contributed by atoms with Gasteiger partial charge in [0.05, 0.1) is 5.69 Å². The molecule has 0 aromatic heterocycles. The average molecular weight is 532 g/mol. The number of aryl methyl sites for hydroxylation is 2. The largest absolute Gasteiger partial charge is 0.505 e. The number of rotatable bonds is 11. The highest BCUT2D eigenvalue weighted by molar-refractivity contribution is 7.99. The molecule has 204 valence electrons. The molecule has 0 unspecified atom stereocenters. The van der Waals surface area contributed by atoms with Crippen LogP contribution in [0.5, 0.6) is 5.75 Å². The van der Waals surface area contributed by atoms with Gasteiger partial charge in [-0.2, -0.15) is 0 Å². The van der Waals surface area contributed by atoms with Gasteiger partial charge in [0.1, 0.15) is 17.1 Å². The second-order valence-electron chi connectivity index (χ2n) is 12.3. The second-order valence-corrected chi connectivity index (χ2v) is 13.4. The number of nitrogen functional groups attached to an aromatic ring is 1. The molecule has 0 bridgehead atoms. The third-order valence-corrected chi connectivity index (χ3v) is 7.72. The number of phenolic OH excluding ortho intramolecular Hbond substituents is 1. The molecule has 3 N–H and O–H groups in total. The summed E-state index contributed by atoms with van der Waals surface area (Å²) in [6.45, 7) is 15.7. The van der Waals surface area contributed by atoms with Crippen molar-refractivity contribution in [3.63, 3.8) is 0 Å². The lowest BCUT2D eigenvalue weighted by atomic mass is 9.72. The van der Waals surface area contributed by atoms with E-state index >= 15 is 0 Å². The van der Waals surface area contributed by atoms with Gasteiger partial charge in [-0.15, -0.1) is 10.2 Å². The van der Waals surface area contributed by atoms with Crippen molar-refractivity contribution in [1.29, 1.82) is 0 Å². The van der Waals surface area contributed by atoms with Gasteiger partial charge in [-0.05, 0) is 90.1 Å². The molecular formula is C33H45N3OS. The maximum Gasteiger partial charge on any atom is 0.146 e. The van der Waals surface area contributed by atoms with Crippen molar-refractivity contribution in [1.82, 2.24) is 0 Å². The Labute approximate surface area is 234 Å². The number of nitrogens with zero attached hydrogens (tertiary/aromatic N) is 2. The fourth-order valence-electron chi connectivity index (χ4n) is 5.16. The van der Waals surface area contributed by atoms with Crippen LogP contribution in [0.15, 0.2) is 74.6 Å². The Hall–Kier alpha value is -2.79. The molecule has 0 aliphatic heterocycles. The lowest BCUT2D eigenvalue weighted by Crippen LogP contribution is -2.24. The first kappa shape index (κ1) is 29.8. The molecule has 0 aliphatic carbocycles. The fraction of sp³-hybridized carbons (Fsp3) is 0.455. The molecule has 0 aliphatic rings. The molecule has 4 nitrogen and oxygen atoms in total. The van der Waals surface area contributed by atoms with Gasteiger partial charge in [0.2, 0.25) is 0 Å². The van der Waals surface area contributed by atoms with Crippen LogP contribution < -0.4 is 5.73 Å². The summed E-state index contributed by atoms with van der Waals surface area (Å²) in [6, 6.07) is 18.6. The zero-order valence-electron chi connectivity index (χ0n) is 24.3. The van der Waals surface area contributed by atoms with E-state index in [2.05, 4.69) is 76.0 Å². The van der Waals surface area contributed by atoms with Crippen LogP contribution in [0.3, 0.4) is 0 Å². The van der Waals surface area contributed by atoms with Gasteiger partial charge in [0.25, 0.3) is 0 Å². The van der Waals surface area contributed by atoms with E-state index < -0.39 is 0 Å². The van der Waals surface area contributed by atoms with Gasteiger partial charge >= 0.3 is 0 Å². The second kappa shape index (κ2) is 12.8. The van der Waals surface area contributed by atoms with Crippen LogP contribution in [0, 0.1) is 12.3 Å². The minimum absolute atomic E-state index is 0.118. The minimum Gasteiger partial charge on any atom is -0.505 e. The molecule has 0 saturated heterocycles. The number of hydrogen-bond donors (Lipinski definition) is 2. The third kappa shape index (κ3) is 8.62. The van der Waals surface area contributed by atoms with Gasteiger partial charge < -0.3 is 10.8 Å². The van der Waals surface area contributed by atoms with E-state index in [0.29, 0.717) is 17.1 Å². The van der Waals surface area contributed by atoms with E-state index in [1.54, 1.807) is 11.8 Å². The molecular weight excluding hydrogens is 486 g/mol. The van der Waals surface area contributed by atoms with Crippen LogP contribution in [0.2, 0.25) is 0 Å². The Morgan fingerprint density at radius 2 is 1.47 bits per heavy atom.